The summed E-state index contributed by atoms with van der Waals surface area (Å²) in [5.74, 6) is 0.998. The van der Waals surface area contributed by atoms with Gasteiger partial charge in [0.15, 0.2) is 5.96 Å². The lowest BCUT2D eigenvalue weighted by Crippen LogP contribution is -2.44. The van der Waals surface area contributed by atoms with Gasteiger partial charge in [-0.05, 0) is 12.8 Å². The molecule has 0 aromatic heterocycles. The van der Waals surface area contributed by atoms with E-state index >= 15 is 0 Å². The van der Waals surface area contributed by atoms with Crippen LogP contribution in [0.1, 0.15) is 32.6 Å². The molecule has 0 spiro atoms. The molecule has 0 aromatic rings. The second-order valence-corrected chi connectivity index (χ2v) is 3.14. The Morgan fingerprint density at radius 2 is 2.00 bits per heavy atom. The van der Waals surface area contributed by atoms with Crippen LogP contribution in [-0.2, 0) is 0 Å². The molecule has 0 aliphatic carbocycles. The lowest BCUT2D eigenvalue weighted by Gasteiger charge is -2.17. The number of aliphatic imine (C=N–C) groups is 1. The van der Waals surface area contributed by atoms with E-state index in [1.807, 2.05) is 0 Å². The fourth-order valence-electron chi connectivity index (χ4n) is 1.23. The normalized spacial score (nSPS) is 16.6. The van der Waals surface area contributed by atoms with Crippen molar-refractivity contribution in [2.75, 3.05) is 19.6 Å². The van der Waals surface area contributed by atoms with Gasteiger partial charge in [0.2, 0.25) is 0 Å². The van der Waals surface area contributed by atoms with Crippen molar-refractivity contribution in [1.29, 1.82) is 0 Å². The van der Waals surface area contributed by atoms with Gasteiger partial charge in [-0.2, -0.15) is 0 Å². The molecule has 0 aromatic carbocycles. The van der Waals surface area contributed by atoms with Crippen LogP contribution in [0.4, 0.5) is 0 Å². The molecule has 0 saturated carbocycles. The minimum absolute atomic E-state index is 0.961. The molecule has 1 saturated heterocycles. The summed E-state index contributed by atoms with van der Waals surface area (Å²) in [5.41, 5.74) is 0. The number of unbranched alkanes of at least 4 members (excludes halogenated alkanes) is 2. The van der Waals surface area contributed by atoms with E-state index in [0.29, 0.717) is 0 Å². The van der Waals surface area contributed by atoms with Crippen LogP contribution >= 0.6 is 0 Å². The van der Waals surface area contributed by atoms with Crippen LogP contribution in [-0.4, -0.2) is 25.6 Å². The predicted molar refractivity (Wildman–Crippen MR) is 52.4 cm³/mol. The summed E-state index contributed by atoms with van der Waals surface area (Å²) in [7, 11) is 0. The lowest BCUT2D eigenvalue weighted by molar-refractivity contribution is 0.655. The van der Waals surface area contributed by atoms with E-state index in [2.05, 4.69) is 22.5 Å². The molecule has 1 fully saturated rings. The molecule has 12 heavy (non-hydrogen) atoms. The van der Waals surface area contributed by atoms with Crippen molar-refractivity contribution in [2.45, 2.75) is 32.6 Å². The molecule has 3 heteroatoms. The van der Waals surface area contributed by atoms with Crippen LogP contribution < -0.4 is 10.6 Å². The SMILES string of the molecule is CCCCCN=C1NCCCN1. The molecular formula is C9H19N3. The molecule has 0 bridgehead atoms. The van der Waals surface area contributed by atoms with Crippen LogP contribution in [0.25, 0.3) is 0 Å². The topological polar surface area (TPSA) is 36.4 Å². The van der Waals surface area contributed by atoms with E-state index in [1.165, 1.54) is 25.7 Å². The Labute approximate surface area is 74.6 Å². The summed E-state index contributed by atoms with van der Waals surface area (Å²) >= 11 is 0. The van der Waals surface area contributed by atoms with E-state index in [1.54, 1.807) is 0 Å². The van der Waals surface area contributed by atoms with Gasteiger partial charge in [-0.1, -0.05) is 19.8 Å². The van der Waals surface area contributed by atoms with Crippen molar-refractivity contribution in [2.24, 2.45) is 4.99 Å². The first-order chi connectivity index (χ1) is 5.93. The minimum Gasteiger partial charge on any atom is -0.356 e. The van der Waals surface area contributed by atoms with Gasteiger partial charge in [-0.15, -0.1) is 0 Å². The zero-order valence-corrected chi connectivity index (χ0v) is 7.90. The van der Waals surface area contributed by atoms with Crippen LogP contribution in [0, 0.1) is 0 Å². The monoisotopic (exact) mass is 169 g/mol. The number of rotatable bonds is 4. The van der Waals surface area contributed by atoms with E-state index in [-0.39, 0.29) is 0 Å². The third-order valence-electron chi connectivity index (χ3n) is 1.97. The first-order valence-corrected chi connectivity index (χ1v) is 4.95. The van der Waals surface area contributed by atoms with Crippen LogP contribution in [0.15, 0.2) is 4.99 Å². The highest BCUT2D eigenvalue weighted by Crippen LogP contribution is 1.94. The third-order valence-corrected chi connectivity index (χ3v) is 1.97. The van der Waals surface area contributed by atoms with Crippen molar-refractivity contribution in [3.63, 3.8) is 0 Å². The van der Waals surface area contributed by atoms with Crippen LogP contribution in [0.5, 0.6) is 0 Å². The van der Waals surface area contributed by atoms with Crippen LogP contribution in [0.2, 0.25) is 0 Å². The molecular weight excluding hydrogens is 150 g/mol. The van der Waals surface area contributed by atoms with E-state index < -0.39 is 0 Å². The summed E-state index contributed by atoms with van der Waals surface area (Å²) in [6.45, 7) is 5.31. The third kappa shape index (κ3) is 3.60. The Hall–Kier alpha value is -0.730. The Morgan fingerprint density at radius 1 is 1.25 bits per heavy atom. The first-order valence-electron chi connectivity index (χ1n) is 4.95. The van der Waals surface area contributed by atoms with Gasteiger partial charge in [0.1, 0.15) is 0 Å². The molecule has 0 amide bonds. The molecule has 1 aliphatic rings. The Balaban J connectivity index is 2.08. The quantitative estimate of drug-likeness (QED) is 0.619. The van der Waals surface area contributed by atoms with Crippen molar-refractivity contribution >= 4 is 5.96 Å². The molecule has 0 radical (unpaired) electrons. The highest BCUT2D eigenvalue weighted by atomic mass is 15.2. The molecule has 0 unspecified atom stereocenters. The fourth-order valence-corrected chi connectivity index (χ4v) is 1.23. The number of nitrogens with zero attached hydrogens (tertiary/aromatic N) is 1. The summed E-state index contributed by atoms with van der Waals surface area (Å²) in [5, 5.41) is 6.47. The summed E-state index contributed by atoms with van der Waals surface area (Å²) in [6.07, 6.45) is 4.97. The van der Waals surface area contributed by atoms with E-state index in [9.17, 15) is 0 Å². The van der Waals surface area contributed by atoms with Crippen molar-refractivity contribution in [3.05, 3.63) is 0 Å². The molecule has 3 nitrogen and oxygen atoms in total. The average molecular weight is 169 g/mol. The minimum atomic E-state index is 0.961. The molecule has 0 atom stereocenters. The summed E-state index contributed by atoms with van der Waals surface area (Å²) in [4.78, 5) is 4.42. The van der Waals surface area contributed by atoms with Crippen molar-refractivity contribution in [3.8, 4) is 0 Å². The highest BCUT2D eigenvalue weighted by Gasteiger charge is 2.01. The highest BCUT2D eigenvalue weighted by molar-refractivity contribution is 5.80. The largest absolute Gasteiger partial charge is 0.356 e. The summed E-state index contributed by atoms with van der Waals surface area (Å²) < 4.78 is 0. The molecule has 1 rings (SSSR count). The zero-order chi connectivity index (χ0) is 8.65. The molecule has 1 heterocycles. The first kappa shape index (κ1) is 9.36. The van der Waals surface area contributed by atoms with Crippen molar-refractivity contribution in [1.82, 2.24) is 10.6 Å². The smallest absolute Gasteiger partial charge is 0.191 e. The zero-order valence-electron chi connectivity index (χ0n) is 7.90. The van der Waals surface area contributed by atoms with Gasteiger partial charge < -0.3 is 10.6 Å². The van der Waals surface area contributed by atoms with Gasteiger partial charge in [-0.25, -0.2) is 0 Å². The van der Waals surface area contributed by atoms with E-state index in [4.69, 9.17) is 0 Å². The number of hydrogen-bond donors (Lipinski definition) is 2. The lowest BCUT2D eigenvalue weighted by atomic mass is 10.2. The average Bonchev–Trinajstić information content (AvgIpc) is 2.14. The predicted octanol–water partition coefficient (Wildman–Crippen LogP) is 1.12. The van der Waals surface area contributed by atoms with Gasteiger partial charge in [0, 0.05) is 19.6 Å². The maximum Gasteiger partial charge on any atom is 0.191 e. The molecule has 70 valence electrons. The summed E-state index contributed by atoms with van der Waals surface area (Å²) in [6, 6.07) is 0. The maximum atomic E-state index is 4.42. The fraction of sp³-hybridized carbons (Fsp3) is 0.889. The number of guanidine groups is 1. The van der Waals surface area contributed by atoms with Gasteiger partial charge in [0.05, 0.1) is 0 Å². The van der Waals surface area contributed by atoms with Gasteiger partial charge in [-0.3, -0.25) is 4.99 Å². The number of hydrogen-bond acceptors (Lipinski definition) is 1. The second-order valence-electron chi connectivity index (χ2n) is 3.14. The number of nitrogens with one attached hydrogen (secondary N) is 2. The molecule has 2 N–H and O–H groups in total. The van der Waals surface area contributed by atoms with E-state index in [0.717, 1.165) is 25.6 Å². The van der Waals surface area contributed by atoms with Gasteiger partial charge >= 0.3 is 0 Å². The molecule has 1 aliphatic heterocycles. The van der Waals surface area contributed by atoms with Gasteiger partial charge in [0.25, 0.3) is 0 Å². The Morgan fingerprint density at radius 3 is 2.67 bits per heavy atom. The Kier molecular flexibility index (Phi) is 4.57. The standard InChI is InChI=1S/C9H19N3/c1-2-3-4-6-10-9-11-7-5-8-12-9/h2-8H2,1H3,(H2,10,11,12). The van der Waals surface area contributed by atoms with Crippen LogP contribution in [0.3, 0.4) is 0 Å². The Bertz CT molecular complexity index is 135. The maximum absolute atomic E-state index is 4.42. The van der Waals surface area contributed by atoms with Crippen molar-refractivity contribution < 1.29 is 0 Å². The second kappa shape index (κ2) is 5.86.